The van der Waals surface area contributed by atoms with E-state index >= 15 is 0 Å². The molecule has 2 aliphatic rings. The topological polar surface area (TPSA) is 41.5 Å². The molecule has 0 radical (unpaired) electrons. The van der Waals surface area contributed by atoms with E-state index in [2.05, 4.69) is 5.32 Å². The van der Waals surface area contributed by atoms with Gasteiger partial charge in [-0.1, -0.05) is 0 Å². The van der Waals surface area contributed by atoms with Gasteiger partial charge in [-0.3, -0.25) is 0 Å². The molecule has 0 spiro atoms. The van der Waals surface area contributed by atoms with E-state index in [0.717, 1.165) is 26.0 Å². The minimum atomic E-state index is -0.186. The second-order valence-corrected chi connectivity index (χ2v) is 3.39. The third kappa shape index (κ3) is 1.41. The van der Waals surface area contributed by atoms with Crippen molar-refractivity contribution < 1.29 is 9.84 Å². The van der Waals surface area contributed by atoms with Crippen LogP contribution in [0.5, 0.6) is 0 Å². The van der Waals surface area contributed by atoms with Gasteiger partial charge in [-0.15, -0.1) is 0 Å². The Labute approximate surface area is 66.7 Å². The number of ether oxygens (including phenoxy) is 1. The first-order valence-electron chi connectivity index (χ1n) is 4.41. The van der Waals surface area contributed by atoms with Crippen LogP contribution in [0.2, 0.25) is 0 Å². The molecule has 2 heterocycles. The van der Waals surface area contributed by atoms with Crippen LogP contribution in [-0.4, -0.2) is 36.5 Å². The highest BCUT2D eigenvalue weighted by Gasteiger charge is 2.34. The van der Waals surface area contributed by atoms with Crippen molar-refractivity contribution in [3.05, 3.63) is 0 Å². The van der Waals surface area contributed by atoms with Crippen LogP contribution in [0.3, 0.4) is 0 Å². The number of piperidine rings is 1. The van der Waals surface area contributed by atoms with Gasteiger partial charge in [-0.25, -0.2) is 0 Å². The van der Waals surface area contributed by atoms with Crippen LogP contribution in [0.1, 0.15) is 19.3 Å². The van der Waals surface area contributed by atoms with E-state index in [1.165, 1.54) is 6.42 Å². The van der Waals surface area contributed by atoms with Crippen molar-refractivity contribution in [1.29, 1.82) is 0 Å². The standard InChI is InChI=1S/C8H15NO2/c10-6-3-5-11-7-2-1-4-9-8(6)7/h6-10H,1-5H2. The number of hydrogen-bond acceptors (Lipinski definition) is 3. The summed E-state index contributed by atoms with van der Waals surface area (Å²) in [5.41, 5.74) is 0. The van der Waals surface area contributed by atoms with Gasteiger partial charge in [-0.2, -0.15) is 0 Å². The molecule has 0 bridgehead atoms. The average Bonchev–Trinajstić information content (AvgIpc) is 2.06. The van der Waals surface area contributed by atoms with Crippen molar-refractivity contribution in [2.75, 3.05) is 13.2 Å². The summed E-state index contributed by atoms with van der Waals surface area (Å²) in [6.07, 6.45) is 3.15. The van der Waals surface area contributed by atoms with E-state index in [4.69, 9.17) is 4.74 Å². The summed E-state index contributed by atoms with van der Waals surface area (Å²) in [6, 6.07) is 0.206. The Morgan fingerprint density at radius 1 is 1.36 bits per heavy atom. The van der Waals surface area contributed by atoms with E-state index < -0.39 is 0 Å². The fraction of sp³-hybridized carbons (Fsp3) is 1.00. The van der Waals surface area contributed by atoms with Crippen LogP contribution in [0.4, 0.5) is 0 Å². The molecule has 0 saturated carbocycles. The van der Waals surface area contributed by atoms with Gasteiger partial charge in [0.05, 0.1) is 18.2 Å². The maximum atomic E-state index is 9.56. The van der Waals surface area contributed by atoms with Gasteiger partial charge in [0.25, 0.3) is 0 Å². The second-order valence-electron chi connectivity index (χ2n) is 3.39. The molecule has 3 atom stereocenters. The molecule has 3 nitrogen and oxygen atoms in total. The van der Waals surface area contributed by atoms with Crippen molar-refractivity contribution in [2.24, 2.45) is 0 Å². The number of nitrogens with one attached hydrogen (secondary N) is 1. The third-order valence-electron chi connectivity index (χ3n) is 2.61. The lowest BCUT2D eigenvalue weighted by Crippen LogP contribution is -2.56. The number of aliphatic hydroxyl groups excluding tert-OH is 1. The number of rotatable bonds is 0. The van der Waals surface area contributed by atoms with Crippen LogP contribution in [0, 0.1) is 0 Å². The lowest BCUT2D eigenvalue weighted by Gasteiger charge is -2.39. The Hall–Kier alpha value is -0.120. The molecule has 2 aliphatic heterocycles. The molecule has 64 valence electrons. The Balaban J connectivity index is 1.99. The van der Waals surface area contributed by atoms with E-state index in [-0.39, 0.29) is 18.2 Å². The maximum Gasteiger partial charge on any atom is 0.0753 e. The van der Waals surface area contributed by atoms with Gasteiger partial charge < -0.3 is 15.2 Å². The third-order valence-corrected chi connectivity index (χ3v) is 2.61. The van der Waals surface area contributed by atoms with Crippen LogP contribution < -0.4 is 5.32 Å². The summed E-state index contributed by atoms with van der Waals surface area (Å²) >= 11 is 0. The van der Waals surface area contributed by atoms with Gasteiger partial charge in [0, 0.05) is 6.61 Å². The summed E-state index contributed by atoms with van der Waals surface area (Å²) in [7, 11) is 0. The molecule has 0 aliphatic carbocycles. The molecule has 0 amide bonds. The molecule has 3 unspecified atom stereocenters. The summed E-state index contributed by atoms with van der Waals surface area (Å²) in [6.45, 7) is 1.76. The lowest BCUT2D eigenvalue weighted by atomic mass is 9.93. The van der Waals surface area contributed by atoms with E-state index in [1.807, 2.05) is 0 Å². The number of aliphatic hydroxyl groups is 1. The minimum absolute atomic E-state index is 0.186. The summed E-state index contributed by atoms with van der Waals surface area (Å²) in [5, 5.41) is 12.9. The van der Waals surface area contributed by atoms with E-state index in [1.54, 1.807) is 0 Å². The highest BCUT2D eigenvalue weighted by Crippen LogP contribution is 2.21. The van der Waals surface area contributed by atoms with Crippen molar-refractivity contribution in [2.45, 2.75) is 37.5 Å². The Morgan fingerprint density at radius 2 is 2.27 bits per heavy atom. The van der Waals surface area contributed by atoms with Crippen molar-refractivity contribution in [3.63, 3.8) is 0 Å². The fourth-order valence-corrected chi connectivity index (χ4v) is 1.97. The van der Waals surface area contributed by atoms with E-state index in [9.17, 15) is 5.11 Å². The van der Waals surface area contributed by atoms with Crippen molar-refractivity contribution >= 4 is 0 Å². The zero-order valence-corrected chi connectivity index (χ0v) is 6.62. The second kappa shape index (κ2) is 3.09. The van der Waals surface area contributed by atoms with Gasteiger partial charge in [-0.05, 0) is 25.8 Å². The van der Waals surface area contributed by atoms with Crippen LogP contribution in [0.25, 0.3) is 0 Å². The molecule has 0 aromatic heterocycles. The molecule has 2 saturated heterocycles. The Bertz CT molecular complexity index is 138. The molecule has 0 aromatic rings. The largest absolute Gasteiger partial charge is 0.391 e. The normalized spacial score (nSPS) is 45.0. The molecular weight excluding hydrogens is 142 g/mol. The first-order chi connectivity index (χ1) is 5.38. The van der Waals surface area contributed by atoms with Crippen molar-refractivity contribution in [1.82, 2.24) is 5.32 Å². The molecule has 2 N–H and O–H groups in total. The smallest absolute Gasteiger partial charge is 0.0753 e. The fourth-order valence-electron chi connectivity index (χ4n) is 1.97. The number of fused-ring (bicyclic) bond motifs is 1. The quantitative estimate of drug-likeness (QED) is 0.515. The van der Waals surface area contributed by atoms with Crippen LogP contribution in [0.15, 0.2) is 0 Å². The lowest BCUT2D eigenvalue weighted by molar-refractivity contribution is -0.0834. The van der Waals surface area contributed by atoms with Gasteiger partial charge in [0.15, 0.2) is 0 Å². The number of hydrogen-bond donors (Lipinski definition) is 2. The van der Waals surface area contributed by atoms with Crippen LogP contribution >= 0.6 is 0 Å². The van der Waals surface area contributed by atoms with Gasteiger partial charge in [0.2, 0.25) is 0 Å². The first-order valence-corrected chi connectivity index (χ1v) is 4.41. The monoisotopic (exact) mass is 157 g/mol. The van der Waals surface area contributed by atoms with Gasteiger partial charge in [0.1, 0.15) is 0 Å². The summed E-state index contributed by atoms with van der Waals surface area (Å²) in [4.78, 5) is 0. The predicted octanol–water partition coefficient (Wildman–Crippen LogP) is -0.112. The molecule has 3 heteroatoms. The highest BCUT2D eigenvalue weighted by atomic mass is 16.5. The van der Waals surface area contributed by atoms with Gasteiger partial charge >= 0.3 is 0 Å². The molecule has 0 aromatic carbocycles. The molecular formula is C8H15NO2. The zero-order chi connectivity index (χ0) is 7.68. The molecule has 2 fully saturated rings. The van der Waals surface area contributed by atoms with Crippen molar-refractivity contribution in [3.8, 4) is 0 Å². The summed E-state index contributed by atoms with van der Waals surface area (Å²) < 4.78 is 5.53. The molecule has 2 rings (SSSR count). The average molecular weight is 157 g/mol. The Kier molecular flexibility index (Phi) is 2.11. The maximum absolute atomic E-state index is 9.56. The SMILES string of the molecule is OC1CCOC2CCCNC12. The highest BCUT2D eigenvalue weighted by molar-refractivity contribution is 4.90. The Morgan fingerprint density at radius 3 is 3.09 bits per heavy atom. The van der Waals surface area contributed by atoms with E-state index in [0.29, 0.717) is 0 Å². The van der Waals surface area contributed by atoms with Crippen LogP contribution in [-0.2, 0) is 4.74 Å². The summed E-state index contributed by atoms with van der Waals surface area (Å²) in [5.74, 6) is 0. The predicted molar refractivity (Wildman–Crippen MR) is 41.4 cm³/mol. The molecule has 11 heavy (non-hydrogen) atoms. The minimum Gasteiger partial charge on any atom is -0.391 e. The zero-order valence-electron chi connectivity index (χ0n) is 6.62. The first kappa shape index (κ1) is 7.53.